The maximum absolute atomic E-state index is 12.7. The summed E-state index contributed by atoms with van der Waals surface area (Å²) in [7, 11) is 0. The van der Waals surface area contributed by atoms with Crippen molar-refractivity contribution in [3.8, 4) is 0 Å². The van der Waals surface area contributed by atoms with Crippen LogP contribution in [0.25, 0.3) is 0 Å². The van der Waals surface area contributed by atoms with Crippen molar-refractivity contribution in [2.75, 3.05) is 6.61 Å². The Bertz CT molecular complexity index is 886. The summed E-state index contributed by atoms with van der Waals surface area (Å²) in [6.45, 7) is 5.87. The second kappa shape index (κ2) is 5.51. The minimum absolute atomic E-state index is 0.308. The van der Waals surface area contributed by atoms with Gasteiger partial charge in [0, 0.05) is 23.2 Å². The fourth-order valence-electron chi connectivity index (χ4n) is 8.06. The summed E-state index contributed by atoms with van der Waals surface area (Å²) in [6.07, 6.45) is -4.58. The van der Waals surface area contributed by atoms with Gasteiger partial charge in [-0.25, -0.2) is 0 Å². The zero-order valence-electron chi connectivity index (χ0n) is 17.3. The minimum Gasteiger partial charge on any atom is -0.458 e. The SMILES string of the molecule is CC1=CC(=O)C(O)C2(C)C1C(O)C1OC(=O)C(C)C3(O)C(C)C(O)C4(O)OCC13C42. The zero-order valence-corrected chi connectivity index (χ0v) is 17.3. The molecule has 0 amide bonds. The average Bonchev–Trinajstić information content (AvgIpc) is 2.99. The molecule has 2 saturated carbocycles. The largest absolute Gasteiger partial charge is 0.458 e. The molecule has 4 fully saturated rings. The molecule has 12 unspecified atom stereocenters. The summed E-state index contributed by atoms with van der Waals surface area (Å²) >= 11 is 0. The quantitative estimate of drug-likeness (QED) is 0.292. The van der Waals surface area contributed by atoms with Crippen LogP contribution in [0.15, 0.2) is 11.6 Å². The third-order valence-electron chi connectivity index (χ3n) is 9.24. The van der Waals surface area contributed by atoms with E-state index in [1.807, 2.05) is 0 Å². The van der Waals surface area contributed by atoms with E-state index in [0.717, 1.165) is 0 Å². The predicted octanol–water partition coefficient (Wildman–Crippen LogP) is -1.50. The van der Waals surface area contributed by atoms with Crippen LogP contribution in [-0.2, 0) is 19.1 Å². The van der Waals surface area contributed by atoms with E-state index in [0.29, 0.717) is 5.57 Å². The molecule has 166 valence electrons. The standard InChI is InChI=1S/C21H28O9/c1-7-5-10(22)14(25)18(4)11(7)12(23)15-19-6-29-21(28,17(18)19)13(24)8(2)20(19,27)9(3)16(26)30-15/h5,8-9,11-15,17,23-25,27-28H,6H2,1-4H3. The third-order valence-corrected chi connectivity index (χ3v) is 9.24. The number of rotatable bonds is 0. The molecule has 0 aromatic heterocycles. The van der Waals surface area contributed by atoms with E-state index in [4.69, 9.17) is 9.47 Å². The van der Waals surface area contributed by atoms with Crippen LogP contribution in [0.4, 0.5) is 0 Å². The molecule has 2 bridgehead atoms. The van der Waals surface area contributed by atoms with Crippen LogP contribution in [0.5, 0.6) is 0 Å². The molecule has 9 nitrogen and oxygen atoms in total. The smallest absolute Gasteiger partial charge is 0.312 e. The Morgan fingerprint density at radius 3 is 2.40 bits per heavy atom. The summed E-state index contributed by atoms with van der Waals surface area (Å²) < 4.78 is 11.4. The number of aliphatic hydroxyl groups is 5. The maximum atomic E-state index is 12.7. The van der Waals surface area contributed by atoms with Crippen LogP contribution in [0.1, 0.15) is 27.7 Å². The first-order chi connectivity index (χ1) is 13.8. The number of esters is 1. The highest BCUT2D eigenvalue weighted by Gasteiger charge is 2.88. The number of hydrogen-bond acceptors (Lipinski definition) is 9. The molecule has 5 aliphatic rings. The summed E-state index contributed by atoms with van der Waals surface area (Å²) in [5, 5.41) is 57.2. The van der Waals surface area contributed by atoms with E-state index < -0.39 is 82.1 Å². The molecule has 0 aromatic rings. The number of carbonyl (C=O) groups excluding carboxylic acids is 2. The Kier molecular flexibility index (Phi) is 3.78. The van der Waals surface area contributed by atoms with Crippen LogP contribution in [0.3, 0.4) is 0 Å². The minimum atomic E-state index is -2.21. The van der Waals surface area contributed by atoms with Gasteiger partial charge in [-0.2, -0.15) is 0 Å². The molecule has 30 heavy (non-hydrogen) atoms. The summed E-state index contributed by atoms with van der Waals surface area (Å²) in [4.78, 5) is 25.4. The van der Waals surface area contributed by atoms with Crippen molar-refractivity contribution in [3.63, 3.8) is 0 Å². The van der Waals surface area contributed by atoms with E-state index in [2.05, 4.69) is 0 Å². The number of ether oxygens (including phenoxy) is 2. The first-order valence-electron chi connectivity index (χ1n) is 10.4. The lowest BCUT2D eigenvalue weighted by Crippen LogP contribution is -2.85. The lowest BCUT2D eigenvalue weighted by atomic mass is 9.35. The van der Waals surface area contributed by atoms with E-state index in [9.17, 15) is 35.1 Å². The van der Waals surface area contributed by atoms with Gasteiger partial charge in [-0.15, -0.1) is 0 Å². The molecule has 2 heterocycles. The van der Waals surface area contributed by atoms with Crippen LogP contribution in [0.2, 0.25) is 0 Å². The van der Waals surface area contributed by atoms with Gasteiger partial charge in [0.2, 0.25) is 0 Å². The van der Waals surface area contributed by atoms with Crippen LogP contribution in [-0.4, -0.2) is 79.7 Å². The Labute approximate surface area is 173 Å². The highest BCUT2D eigenvalue weighted by molar-refractivity contribution is 5.96. The van der Waals surface area contributed by atoms with Gasteiger partial charge >= 0.3 is 5.97 Å². The molecule has 12 atom stereocenters. The molecular formula is C21H28O9. The number of ketones is 1. The van der Waals surface area contributed by atoms with Crippen molar-refractivity contribution in [2.24, 2.45) is 34.5 Å². The summed E-state index contributed by atoms with van der Waals surface area (Å²) in [5.41, 5.74) is -4.47. The van der Waals surface area contributed by atoms with Gasteiger partial charge in [-0.05, 0) is 19.9 Å². The zero-order chi connectivity index (χ0) is 22.2. The number of hydrogen-bond donors (Lipinski definition) is 5. The van der Waals surface area contributed by atoms with Gasteiger partial charge in [0.15, 0.2) is 11.6 Å². The molecule has 2 saturated heterocycles. The summed E-state index contributed by atoms with van der Waals surface area (Å²) in [6, 6.07) is 0. The van der Waals surface area contributed by atoms with Crippen molar-refractivity contribution in [1.29, 1.82) is 0 Å². The number of aliphatic hydroxyl groups excluding tert-OH is 3. The fraction of sp³-hybridized carbons (Fsp3) is 0.810. The second-order valence-electron chi connectivity index (χ2n) is 10.2. The van der Waals surface area contributed by atoms with E-state index in [-0.39, 0.29) is 6.61 Å². The van der Waals surface area contributed by atoms with E-state index in [1.165, 1.54) is 19.9 Å². The van der Waals surface area contributed by atoms with Gasteiger partial charge < -0.3 is 35.0 Å². The van der Waals surface area contributed by atoms with Gasteiger partial charge in [-0.1, -0.05) is 19.4 Å². The van der Waals surface area contributed by atoms with Crippen LogP contribution < -0.4 is 0 Å². The maximum Gasteiger partial charge on any atom is 0.312 e. The molecule has 1 spiro atoms. The number of carbonyl (C=O) groups is 2. The molecule has 0 aromatic carbocycles. The highest BCUT2D eigenvalue weighted by atomic mass is 16.7. The lowest BCUT2D eigenvalue weighted by molar-refractivity contribution is -0.381. The summed E-state index contributed by atoms with van der Waals surface area (Å²) in [5.74, 6) is -7.68. The van der Waals surface area contributed by atoms with Crippen molar-refractivity contribution in [3.05, 3.63) is 11.6 Å². The molecule has 0 radical (unpaired) electrons. The van der Waals surface area contributed by atoms with Crippen LogP contribution >= 0.6 is 0 Å². The predicted molar refractivity (Wildman–Crippen MR) is 98.4 cm³/mol. The monoisotopic (exact) mass is 424 g/mol. The Balaban J connectivity index is 1.87. The number of fused-ring (bicyclic) bond motifs is 1. The first-order valence-corrected chi connectivity index (χ1v) is 10.4. The Hall–Kier alpha value is -1.36. The molecule has 5 rings (SSSR count). The first kappa shape index (κ1) is 20.5. The van der Waals surface area contributed by atoms with Crippen molar-refractivity contribution in [2.45, 2.75) is 63.5 Å². The second-order valence-corrected chi connectivity index (χ2v) is 10.2. The normalized spacial score (nSPS) is 61.7. The molecule has 5 N–H and O–H groups in total. The van der Waals surface area contributed by atoms with Crippen molar-refractivity contribution < 1.29 is 44.6 Å². The average molecular weight is 424 g/mol. The fourth-order valence-corrected chi connectivity index (χ4v) is 8.06. The highest BCUT2D eigenvalue weighted by Crippen LogP contribution is 2.75. The Morgan fingerprint density at radius 1 is 1.13 bits per heavy atom. The van der Waals surface area contributed by atoms with Gasteiger partial charge in [-0.3, -0.25) is 9.59 Å². The molecular weight excluding hydrogens is 396 g/mol. The third kappa shape index (κ3) is 1.73. The van der Waals surface area contributed by atoms with Gasteiger partial charge in [0.25, 0.3) is 0 Å². The van der Waals surface area contributed by atoms with Gasteiger partial charge in [0.05, 0.1) is 29.6 Å². The van der Waals surface area contributed by atoms with Crippen molar-refractivity contribution in [1.82, 2.24) is 0 Å². The topological polar surface area (TPSA) is 154 Å². The Morgan fingerprint density at radius 2 is 1.77 bits per heavy atom. The lowest BCUT2D eigenvalue weighted by Gasteiger charge is -2.71. The molecule has 9 heteroatoms. The van der Waals surface area contributed by atoms with Crippen LogP contribution in [0, 0.1) is 34.5 Å². The van der Waals surface area contributed by atoms with E-state index >= 15 is 0 Å². The van der Waals surface area contributed by atoms with Gasteiger partial charge in [0.1, 0.15) is 18.3 Å². The molecule has 3 aliphatic carbocycles. The molecule has 2 aliphatic heterocycles. The van der Waals surface area contributed by atoms with E-state index in [1.54, 1.807) is 13.8 Å². The van der Waals surface area contributed by atoms with Crippen molar-refractivity contribution >= 4 is 11.8 Å².